The summed E-state index contributed by atoms with van der Waals surface area (Å²) in [5.74, 6) is -0.412. The molecule has 12 heteroatoms. The number of pyridine rings is 2. The van der Waals surface area contributed by atoms with Crippen LogP contribution < -0.4 is 10.0 Å². The van der Waals surface area contributed by atoms with E-state index in [-0.39, 0.29) is 5.82 Å². The van der Waals surface area contributed by atoms with Crippen molar-refractivity contribution < 1.29 is 23.2 Å². The molecule has 0 saturated carbocycles. The topological polar surface area (TPSA) is 112 Å². The Hall–Kier alpha value is -2.93. The van der Waals surface area contributed by atoms with E-state index in [1.165, 1.54) is 0 Å². The van der Waals surface area contributed by atoms with Gasteiger partial charge in [0, 0.05) is 21.3 Å². The van der Waals surface area contributed by atoms with Gasteiger partial charge < -0.3 is 14.2 Å². The molecule has 0 radical (unpaired) electrons. The molecule has 0 spiro atoms. The third kappa shape index (κ3) is 7.78. The van der Waals surface area contributed by atoms with Crippen LogP contribution in [0.5, 0.6) is 0 Å². The van der Waals surface area contributed by atoms with Crippen molar-refractivity contribution in [1.29, 1.82) is 0 Å². The average Bonchev–Trinajstić information content (AvgIpc) is 3.51. The molecule has 1 aliphatic heterocycles. The Morgan fingerprint density at radius 2 is 1.83 bits per heavy atom. The maximum atomic E-state index is 13.5. The first-order chi connectivity index (χ1) is 21.3. The van der Waals surface area contributed by atoms with Crippen molar-refractivity contribution >= 4 is 55.9 Å². The number of rotatable bonds is 7. The molecular formula is C34H41ClN4O5S2. The summed E-state index contributed by atoms with van der Waals surface area (Å²) >= 11 is 8.29. The molecule has 1 aromatic carbocycles. The highest BCUT2D eigenvalue weighted by atomic mass is 35.5. The zero-order chi connectivity index (χ0) is 33.7. The summed E-state index contributed by atoms with van der Waals surface area (Å²) in [6, 6.07) is 14.8. The van der Waals surface area contributed by atoms with Gasteiger partial charge in [-0.2, -0.15) is 0 Å². The number of halogens is 1. The predicted molar refractivity (Wildman–Crippen MR) is 186 cm³/mol. The standard InChI is InChI=1S/C34H41ClN4O5S2/c1-31(2,3)43-30(40)38-26-14-13-23(35)27(37-26)28(39-46(41)32(4,5)6)25-17-20-11-10-12-22(29(20)45-25)24-18-21(15-16-36-24)34(9)19-42-33(7,8)44-34/h10-18,28,39H,19H2,1-9H3,(H,37,38,40). The Morgan fingerprint density at radius 1 is 1.09 bits per heavy atom. The zero-order valence-corrected chi connectivity index (χ0v) is 30.0. The number of hydrogen-bond donors (Lipinski definition) is 2. The van der Waals surface area contributed by atoms with E-state index in [2.05, 4.69) is 16.1 Å². The highest BCUT2D eigenvalue weighted by Crippen LogP contribution is 2.42. The molecule has 0 aliphatic carbocycles. The lowest BCUT2D eigenvalue weighted by Crippen LogP contribution is -2.36. The molecule has 9 nitrogen and oxygen atoms in total. The van der Waals surface area contributed by atoms with Gasteiger partial charge in [-0.25, -0.2) is 18.7 Å². The minimum Gasteiger partial charge on any atom is -0.444 e. The minimum absolute atomic E-state index is 0.264. The first-order valence-electron chi connectivity index (χ1n) is 15.0. The second-order valence-electron chi connectivity index (χ2n) is 13.9. The maximum absolute atomic E-state index is 13.5. The summed E-state index contributed by atoms with van der Waals surface area (Å²) in [5, 5.41) is 4.04. The van der Waals surface area contributed by atoms with E-state index in [1.54, 1.807) is 50.4 Å². The molecule has 246 valence electrons. The van der Waals surface area contributed by atoms with Crippen LogP contribution in [0.25, 0.3) is 21.3 Å². The second-order valence-corrected chi connectivity index (χ2v) is 17.4. The van der Waals surface area contributed by atoms with Crippen LogP contribution in [0, 0.1) is 0 Å². The van der Waals surface area contributed by atoms with E-state index in [4.69, 9.17) is 35.8 Å². The molecule has 1 saturated heterocycles. The fourth-order valence-corrected chi connectivity index (χ4v) is 7.39. The number of nitrogens with one attached hydrogen (secondary N) is 2. The number of thiophene rings is 1. The second kappa shape index (κ2) is 12.6. The molecule has 3 aromatic heterocycles. The number of anilines is 1. The van der Waals surface area contributed by atoms with E-state index >= 15 is 0 Å². The number of benzene rings is 1. The van der Waals surface area contributed by atoms with Gasteiger partial charge in [-0.05, 0) is 104 Å². The Balaban J connectivity index is 1.57. The van der Waals surface area contributed by atoms with Gasteiger partial charge >= 0.3 is 6.09 Å². The number of carbonyl (C=O) groups excluding carboxylic acids is 1. The van der Waals surface area contributed by atoms with Crippen LogP contribution in [0.1, 0.15) is 84.5 Å². The number of ether oxygens (including phenoxy) is 3. The maximum Gasteiger partial charge on any atom is 0.413 e. The largest absolute Gasteiger partial charge is 0.444 e. The summed E-state index contributed by atoms with van der Waals surface area (Å²) in [4.78, 5) is 22.8. The number of nitrogens with zero attached hydrogens (tertiary/aromatic N) is 2. The van der Waals surface area contributed by atoms with E-state index in [1.807, 2.05) is 71.9 Å². The van der Waals surface area contributed by atoms with Gasteiger partial charge in [0.05, 0.1) is 44.8 Å². The van der Waals surface area contributed by atoms with Crippen molar-refractivity contribution in [2.45, 2.75) is 90.1 Å². The third-order valence-electron chi connectivity index (χ3n) is 7.22. The molecule has 5 rings (SSSR count). The monoisotopic (exact) mass is 684 g/mol. The quantitative estimate of drug-likeness (QED) is 0.201. The zero-order valence-electron chi connectivity index (χ0n) is 27.6. The van der Waals surface area contributed by atoms with Gasteiger partial charge in [0.15, 0.2) is 5.79 Å². The molecule has 4 heterocycles. The highest BCUT2D eigenvalue weighted by Gasteiger charge is 2.43. The molecule has 3 unspecified atom stereocenters. The molecule has 46 heavy (non-hydrogen) atoms. The lowest BCUT2D eigenvalue weighted by atomic mass is 9.96. The number of hydrogen-bond acceptors (Lipinski definition) is 8. The number of carbonyl (C=O) groups is 1. The molecule has 1 fully saturated rings. The fourth-order valence-electron chi connectivity index (χ4n) is 5.06. The molecule has 1 amide bonds. The Kier molecular flexibility index (Phi) is 9.42. The first-order valence-corrected chi connectivity index (χ1v) is 17.4. The highest BCUT2D eigenvalue weighted by molar-refractivity contribution is 7.84. The van der Waals surface area contributed by atoms with E-state index in [9.17, 15) is 9.00 Å². The van der Waals surface area contributed by atoms with Gasteiger partial charge in [-0.1, -0.05) is 29.8 Å². The smallest absolute Gasteiger partial charge is 0.413 e. The van der Waals surface area contributed by atoms with Crippen molar-refractivity contribution in [2.24, 2.45) is 0 Å². The van der Waals surface area contributed by atoms with E-state index in [0.29, 0.717) is 17.3 Å². The SMILES string of the molecule is CC(C)(C)OC(=O)Nc1ccc(Cl)c(C(NS(=O)C(C)(C)C)c2cc3cccc(-c4cc(C5(C)COC(C)(C)O5)ccn4)c3s2)n1. The van der Waals surface area contributed by atoms with Crippen molar-refractivity contribution in [3.63, 3.8) is 0 Å². The normalized spacial score (nSPS) is 19.6. The van der Waals surface area contributed by atoms with Crippen LogP contribution in [0.2, 0.25) is 5.02 Å². The number of amides is 1. The van der Waals surface area contributed by atoms with Gasteiger partial charge in [-0.3, -0.25) is 10.3 Å². The van der Waals surface area contributed by atoms with Gasteiger partial charge in [0.2, 0.25) is 0 Å². The molecular weight excluding hydrogens is 644 g/mol. The van der Waals surface area contributed by atoms with Crippen molar-refractivity contribution in [1.82, 2.24) is 14.7 Å². The van der Waals surface area contributed by atoms with Gasteiger partial charge in [0.25, 0.3) is 0 Å². The van der Waals surface area contributed by atoms with Gasteiger partial charge in [0.1, 0.15) is 17.0 Å². The predicted octanol–water partition coefficient (Wildman–Crippen LogP) is 8.50. The molecule has 3 atom stereocenters. The van der Waals surface area contributed by atoms with Crippen LogP contribution in [-0.4, -0.2) is 43.0 Å². The van der Waals surface area contributed by atoms with Crippen molar-refractivity contribution in [3.8, 4) is 11.3 Å². The van der Waals surface area contributed by atoms with E-state index in [0.717, 1.165) is 31.8 Å². The summed E-state index contributed by atoms with van der Waals surface area (Å²) in [7, 11) is -1.48. The molecule has 2 N–H and O–H groups in total. The van der Waals surface area contributed by atoms with Crippen molar-refractivity contribution in [3.05, 3.63) is 75.9 Å². The minimum atomic E-state index is -1.48. The van der Waals surface area contributed by atoms with Crippen LogP contribution in [-0.2, 0) is 30.8 Å². The molecule has 0 bridgehead atoms. The Bertz CT molecular complexity index is 1800. The first kappa shape index (κ1) is 34.4. The summed E-state index contributed by atoms with van der Waals surface area (Å²) in [5.41, 5.74) is 1.86. The van der Waals surface area contributed by atoms with E-state index < -0.39 is 44.9 Å². The fraction of sp³-hybridized carbons (Fsp3) is 0.441. The third-order valence-corrected chi connectivity index (χ3v) is 10.3. The average molecular weight is 685 g/mol. The lowest BCUT2D eigenvalue weighted by Gasteiger charge is -2.25. The molecule has 1 aliphatic rings. The Morgan fingerprint density at radius 3 is 2.48 bits per heavy atom. The summed E-state index contributed by atoms with van der Waals surface area (Å²) in [6.45, 7) is 17.3. The Labute approximate surface area is 282 Å². The van der Waals surface area contributed by atoms with Gasteiger partial charge in [-0.15, -0.1) is 11.3 Å². The molecule has 4 aromatic rings. The van der Waals surface area contributed by atoms with Crippen LogP contribution in [0.4, 0.5) is 10.6 Å². The summed E-state index contributed by atoms with van der Waals surface area (Å²) in [6.07, 6.45) is 1.16. The van der Waals surface area contributed by atoms with Crippen LogP contribution >= 0.6 is 22.9 Å². The summed E-state index contributed by atoms with van der Waals surface area (Å²) < 4.78 is 34.8. The number of aromatic nitrogens is 2. The van der Waals surface area contributed by atoms with Crippen LogP contribution in [0.15, 0.2) is 54.7 Å². The van der Waals surface area contributed by atoms with Crippen LogP contribution in [0.3, 0.4) is 0 Å². The lowest BCUT2D eigenvalue weighted by molar-refractivity contribution is -0.159. The number of fused-ring (bicyclic) bond motifs is 1. The van der Waals surface area contributed by atoms with Crippen molar-refractivity contribution in [2.75, 3.05) is 11.9 Å².